The number of nitrogens with zero attached hydrogens (tertiary/aromatic N) is 3. The Balaban J connectivity index is 2.25. The molecule has 0 radical (unpaired) electrons. The summed E-state index contributed by atoms with van der Waals surface area (Å²) < 4.78 is 9.53. The van der Waals surface area contributed by atoms with Gasteiger partial charge in [0.2, 0.25) is 0 Å². The molecule has 0 N–H and O–H groups in total. The molecule has 3 nitrogen and oxygen atoms in total. The second kappa shape index (κ2) is 3.92. The molecule has 0 saturated carbocycles. The van der Waals surface area contributed by atoms with E-state index >= 15 is 0 Å². The monoisotopic (exact) mass is 291 g/mol. The van der Waals surface area contributed by atoms with Gasteiger partial charge in [0.25, 0.3) is 0 Å². The fourth-order valence-corrected chi connectivity index (χ4v) is 2.33. The third-order valence-corrected chi connectivity index (χ3v) is 3.36. The Bertz CT molecular complexity index is 633. The number of halogens is 1. The number of hydrogen-bond acceptors (Lipinski definition) is 4. The summed E-state index contributed by atoms with van der Waals surface area (Å²) in [4.78, 5) is 4.37. The van der Waals surface area contributed by atoms with E-state index in [1.54, 1.807) is 6.20 Å². The van der Waals surface area contributed by atoms with Crippen LogP contribution < -0.4 is 0 Å². The summed E-state index contributed by atoms with van der Waals surface area (Å²) in [5.41, 5.74) is 3.72. The summed E-state index contributed by atoms with van der Waals surface area (Å²) >= 11 is 4.63. The van der Waals surface area contributed by atoms with E-state index in [4.69, 9.17) is 0 Å². The lowest BCUT2D eigenvalue weighted by atomic mass is 10.1. The molecule has 0 amide bonds. The molecule has 0 saturated heterocycles. The number of hydrogen-bond donors (Lipinski definition) is 0. The Morgan fingerprint density at radius 1 is 1.00 bits per heavy atom. The minimum Gasteiger partial charge on any atom is -0.254 e. The smallest absolute Gasteiger partial charge is 0.131 e. The molecule has 3 aromatic rings. The van der Waals surface area contributed by atoms with Crippen LogP contribution in [0.1, 0.15) is 0 Å². The van der Waals surface area contributed by atoms with Crippen molar-refractivity contribution in [3.63, 3.8) is 0 Å². The molecule has 1 aromatic carbocycles. The third kappa shape index (κ3) is 1.62. The van der Waals surface area contributed by atoms with Crippen LogP contribution in [0.3, 0.4) is 0 Å². The lowest BCUT2D eigenvalue weighted by Crippen LogP contribution is -1.84. The zero-order valence-electron chi connectivity index (χ0n) is 8.09. The van der Waals surface area contributed by atoms with E-state index in [2.05, 4.69) is 29.7 Å². The first-order valence-corrected chi connectivity index (χ1v) is 6.20. The SMILES string of the molecule is Brc1ccc(-c2nccc3nsnc23)cc1. The van der Waals surface area contributed by atoms with E-state index in [1.807, 2.05) is 30.3 Å². The van der Waals surface area contributed by atoms with Crippen LogP contribution in [0.4, 0.5) is 0 Å². The van der Waals surface area contributed by atoms with E-state index in [1.165, 1.54) is 11.7 Å². The molecule has 0 bridgehead atoms. The van der Waals surface area contributed by atoms with Gasteiger partial charge in [-0.2, -0.15) is 8.75 Å². The van der Waals surface area contributed by atoms with Crippen LogP contribution >= 0.6 is 27.7 Å². The molecule has 2 aromatic heterocycles. The average molecular weight is 292 g/mol. The predicted octanol–water partition coefficient (Wildman–Crippen LogP) is 3.52. The van der Waals surface area contributed by atoms with Crippen molar-refractivity contribution in [1.29, 1.82) is 0 Å². The van der Waals surface area contributed by atoms with Crippen LogP contribution in [0.25, 0.3) is 22.3 Å². The van der Waals surface area contributed by atoms with Gasteiger partial charge < -0.3 is 0 Å². The largest absolute Gasteiger partial charge is 0.254 e. The summed E-state index contributed by atoms with van der Waals surface area (Å²) in [6.45, 7) is 0. The first-order chi connectivity index (χ1) is 7.84. The number of benzene rings is 1. The molecule has 0 aliphatic heterocycles. The normalized spacial score (nSPS) is 10.8. The highest BCUT2D eigenvalue weighted by molar-refractivity contribution is 9.10. The summed E-state index contributed by atoms with van der Waals surface area (Å²) in [7, 11) is 0. The number of aromatic nitrogens is 3. The highest BCUT2D eigenvalue weighted by atomic mass is 79.9. The fourth-order valence-electron chi connectivity index (χ4n) is 1.53. The Kier molecular flexibility index (Phi) is 2.41. The van der Waals surface area contributed by atoms with Gasteiger partial charge in [-0.05, 0) is 18.2 Å². The molecule has 2 heterocycles. The van der Waals surface area contributed by atoms with E-state index < -0.39 is 0 Å². The van der Waals surface area contributed by atoms with Crippen molar-refractivity contribution in [3.05, 3.63) is 41.0 Å². The van der Waals surface area contributed by atoms with Gasteiger partial charge in [0.05, 0.1) is 17.4 Å². The second-order valence-electron chi connectivity index (χ2n) is 3.30. The Morgan fingerprint density at radius 3 is 2.62 bits per heavy atom. The van der Waals surface area contributed by atoms with Crippen molar-refractivity contribution in [2.45, 2.75) is 0 Å². The summed E-state index contributed by atoms with van der Waals surface area (Å²) in [6, 6.07) is 9.91. The van der Waals surface area contributed by atoms with Crippen molar-refractivity contribution in [2.75, 3.05) is 0 Å². The highest BCUT2D eigenvalue weighted by Crippen LogP contribution is 2.25. The third-order valence-electron chi connectivity index (χ3n) is 2.29. The first kappa shape index (κ1) is 9.86. The van der Waals surface area contributed by atoms with Crippen LogP contribution in [0, 0.1) is 0 Å². The highest BCUT2D eigenvalue weighted by Gasteiger charge is 2.08. The van der Waals surface area contributed by atoms with Gasteiger partial charge >= 0.3 is 0 Å². The molecule has 0 atom stereocenters. The molecule has 0 unspecified atom stereocenters. The Morgan fingerprint density at radius 2 is 1.81 bits per heavy atom. The molecular weight excluding hydrogens is 286 g/mol. The zero-order valence-corrected chi connectivity index (χ0v) is 10.5. The summed E-state index contributed by atoms with van der Waals surface area (Å²) in [6.07, 6.45) is 1.76. The van der Waals surface area contributed by atoms with Gasteiger partial charge in [0.15, 0.2) is 0 Å². The maximum absolute atomic E-state index is 4.37. The predicted molar refractivity (Wildman–Crippen MR) is 68.3 cm³/mol. The van der Waals surface area contributed by atoms with E-state index in [-0.39, 0.29) is 0 Å². The quantitative estimate of drug-likeness (QED) is 0.689. The molecule has 78 valence electrons. The van der Waals surface area contributed by atoms with Gasteiger partial charge in [0.1, 0.15) is 11.0 Å². The molecule has 5 heteroatoms. The van der Waals surface area contributed by atoms with Crippen molar-refractivity contribution in [2.24, 2.45) is 0 Å². The zero-order chi connectivity index (χ0) is 11.0. The van der Waals surface area contributed by atoms with Crippen LogP contribution in [-0.2, 0) is 0 Å². The van der Waals surface area contributed by atoms with Crippen LogP contribution in [0.15, 0.2) is 41.0 Å². The molecule has 3 rings (SSSR count). The molecule has 0 aliphatic carbocycles. The van der Waals surface area contributed by atoms with Gasteiger partial charge in [-0.3, -0.25) is 4.98 Å². The summed E-state index contributed by atoms with van der Waals surface area (Å²) in [5.74, 6) is 0. The molecule has 0 spiro atoms. The van der Waals surface area contributed by atoms with Gasteiger partial charge in [-0.25, -0.2) is 0 Å². The lowest BCUT2D eigenvalue weighted by Gasteiger charge is -2.00. The fraction of sp³-hybridized carbons (Fsp3) is 0. The second-order valence-corrected chi connectivity index (χ2v) is 4.74. The van der Waals surface area contributed by atoms with Crippen molar-refractivity contribution in [3.8, 4) is 11.3 Å². The minimum absolute atomic E-state index is 0.870. The Hall–Kier alpha value is -1.33. The summed E-state index contributed by atoms with van der Waals surface area (Å²) in [5, 5.41) is 0. The van der Waals surface area contributed by atoms with Crippen LogP contribution in [-0.4, -0.2) is 13.7 Å². The lowest BCUT2D eigenvalue weighted by molar-refractivity contribution is 1.34. The minimum atomic E-state index is 0.870. The molecule has 0 fully saturated rings. The molecule has 0 aliphatic rings. The van der Waals surface area contributed by atoms with Gasteiger partial charge in [-0.1, -0.05) is 28.1 Å². The Labute approximate surface area is 105 Å². The molecule has 16 heavy (non-hydrogen) atoms. The number of fused-ring (bicyclic) bond motifs is 1. The van der Waals surface area contributed by atoms with Crippen LogP contribution in [0.2, 0.25) is 0 Å². The number of rotatable bonds is 1. The van der Waals surface area contributed by atoms with E-state index in [0.717, 1.165) is 26.8 Å². The maximum atomic E-state index is 4.37. The van der Waals surface area contributed by atoms with Crippen LogP contribution in [0.5, 0.6) is 0 Å². The van der Waals surface area contributed by atoms with Crippen molar-refractivity contribution in [1.82, 2.24) is 13.7 Å². The topological polar surface area (TPSA) is 38.7 Å². The average Bonchev–Trinajstić information content (AvgIpc) is 2.78. The van der Waals surface area contributed by atoms with E-state index in [9.17, 15) is 0 Å². The van der Waals surface area contributed by atoms with Crippen molar-refractivity contribution < 1.29 is 0 Å². The van der Waals surface area contributed by atoms with E-state index in [0.29, 0.717) is 0 Å². The van der Waals surface area contributed by atoms with Crippen molar-refractivity contribution >= 4 is 38.7 Å². The molecular formula is C11H6BrN3S. The maximum Gasteiger partial charge on any atom is 0.131 e. The first-order valence-electron chi connectivity index (χ1n) is 4.68. The van der Waals surface area contributed by atoms with Gasteiger partial charge in [-0.15, -0.1) is 0 Å². The number of pyridine rings is 1. The standard InChI is InChI=1S/C11H6BrN3S/c12-8-3-1-7(2-4-8)10-11-9(5-6-13-10)14-16-15-11/h1-6H. The van der Waals surface area contributed by atoms with Gasteiger partial charge in [0, 0.05) is 16.2 Å².